The van der Waals surface area contributed by atoms with E-state index in [4.69, 9.17) is 9.57 Å². The monoisotopic (exact) mass is 414 g/mol. The lowest BCUT2D eigenvalue weighted by atomic mass is 9.90. The molecule has 2 aliphatic heterocycles. The average Bonchev–Trinajstić information content (AvgIpc) is 3.30. The molecule has 5 rings (SSSR count). The third-order valence-electron chi connectivity index (χ3n) is 5.84. The van der Waals surface area contributed by atoms with Crippen molar-refractivity contribution < 1.29 is 19.2 Å². The lowest BCUT2D eigenvalue weighted by molar-refractivity contribution is -0.126. The summed E-state index contributed by atoms with van der Waals surface area (Å²) in [6.45, 7) is 1.93. The first-order chi connectivity index (χ1) is 15.1. The van der Waals surface area contributed by atoms with Crippen LogP contribution in [0.5, 0.6) is 5.75 Å². The molecule has 3 atom stereocenters. The molecule has 3 aromatic carbocycles. The van der Waals surface area contributed by atoms with Crippen LogP contribution in [0.1, 0.15) is 17.2 Å². The molecule has 0 spiro atoms. The molecule has 0 N–H and O–H groups in total. The molecule has 2 aliphatic rings. The Morgan fingerprint density at radius 1 is 0.839 bits per heavy atom. The van der Waals surface area contributed by atoms with E-state index < -0.39 is 18.1 Å². The van der Waals surface area contributed by atoms with Crippen LogP contribution in [0, 0.1) is 12.8 Å². The second-order valence-electron chi connectivity index (χ2n) is 7.78. The molecule has 0 aromatic heterocycles. The van der Waals surface area contributed by atoms with Crippen LogP contribution in [-0.2, 0) is 14.4 Å². The van der Waals surface area contributed by atoms with E-state index >= 15 is 0 Å². The van der Waals surface area contributed by atoms with Crippen LogP contribution in [0.25, 0.3) is 0 Å². The van der Waals surface area contributed by atoms with E-state index in [0.717, 1.165) is 22.6 Å². The summed E-state index contributed by atoms with van der Waals surface area (Å²) in [5, 5.41) is 1.69. The summed E-state index contributed by atoms with van der Waals surface area (Å²) in [6, 6.07) is 24.0. The molecule has 2 heterocycles. The molecule has 6 nitrogen and oxygen atoms in total. The first-order valence-electron chi connectivity index (χ1n) is 10.2. The molecule has 0 aliphatic carbocycles. The maximum atomic E-state index is 13.6. The average molecular weight is 414 g/mol. The summed E-state index contributed by atoms with van der Waals surface area (Å²) < 4.78 is 5.28. The van der Waals surface area contributed by atoms with Gasteiger partial charge in [0.15, 0.2) is 6.10 Å². The van der Waals surface area contributed by atoms with Crippen LogP contribution in [0.3, 0.4) is 0 Å². The number of hydrogen-bond donors (Lipinski definition) is 0. The number of methoxy groups -OCH3 is 1. The number of fused-ring (bicyclic) bond motifs is 1. The molecule has 2 amide bonds. The van der Waals surface area contributed by atoms with E-state index in [0.29, 0.717) is 5.69 Å². The van der Waals surface area contributed by atoms with E-state index in [1.54, 1.807) is 18.2 Å². The summed E-state index contributed by atoms with van der Waals surface area (Å²) in [6.07, 6.45) is -0.875. The molecule has 2 fully saturated rings. The van der Waals surface area contributed by atoms with Gasteiger partial charge in [-0.1, -0.05) is 42.5 Å². The maximum absolute atomic E-state index is 13.6. The summed E-state index contributed by atoms with van der Waals surface area (Å²) in [5.74, 6) is -0.514. The topological polar surface area (TPSA) is 59.1 Å². The molecule has 6 heteroatoms. The Morgan fingerprint density at radius 3 is 2.23 bits per heavy atom. The van der Waals surface area contributed by atoms with Crippen molar-refractivity contribution in [2.24, 2.45) is 5.92 Å². The second-order valence-corrected chi connectivity index (χ2v) is 7.78. The van der Waals surface area contributed by atoms with Crippen molar-refractivity contribution in [3.05, 3.63) is 90.0 Å². The third-order valence-corrected chi connectivity index (χ3v) is 5.84. The van der Waals surface area contributed by atoms with Crippen molar-refractivity contribution in [2.45, 2.75) is 19.1 Å². The van der Waals surface area contributed by atoms with Gasteiger partial charge in [0.2, 0.25) is 5.91 Å². The normalized spacial score (nSPS) is 22.7. The first-order valence-corrected chi connectivity index (χ1v) is 10.2. The Labute approximate surface area is 180 Å². The Hall–Kier alpha value is -3.64. The van der Waals surface area contributed by atoms with Crippen LogP contribution < -0.4 is 14.7 Å². The number of aryl methyl sites for hydroxylation is 1. The molecule has 0 radical (unpaired) electrons. The largest absolute Gasteiger partial charge is 0.497 e. The van der Waals surface area contributed by atoms with Crippen LogP contribution >= 0.6 is 0 Å². The van der Waals surface area contributed by atoms with Gasteiger partial charge in [-0.3, -0.25) is 14.4 Å². The minimum absolute atomic E-state index is 0.250. The number of hydrogen-bond acceptors (Lipinski definition) is 5. The zero-order valence-corrected chi connectivity index (χ0v) is 17.3. The van der Waals surface area contributed by atoms with Crippen LogP contribution in [0.2, 0.25) is 0 Å². The lowest BCUT2D eigenvalue weighted by Gasteiger charge is -2.28. The van der Waals surface area contributed by atoms with Gasteiger partial charge < -0.3 is 4.74 Å². The van der Waals surface area contributed by atoms with Gasteiger partial charge in [0.25, 0.3) is 5.91 Å². The predicted octanol–water partition coefficient (Wildman–Crippen LogP) is 4.05. The fourth-order valence-corrected chi connectivity index (χ4v) is 4.37. The fourth-order valence-electron chi connectivity index (χ4n) is 4.37. The lowest BCUT2D eigenvalue weighted by Crippen LogP contribution is -2.37. The Morgan fingerprint density at radius 2 is 1.55 bits per heavy atom. The number of para-hydroxylation sites is 1. The fraction of sp³-hybridized carbons (Fsp3) is 0.200. The van der Waals surface area contributed by atoms with Gasteiger partial charge in [-0.15, -0.1) is 0 Å². The molecule has 3 unspecified atom stereocenters. The van der Waals surface area contributed by atoms with Gasteiger partial charge in [-0.2, -0.15) is 0 Å². The van der Waals surface area contributed by atoms with Gasteiger partial charge in [-0.25, -0.2) is 9.96 Å². The number of nitrogens with zero attached hydrogens (tertiary/aromatic N) is 2. The number of benzene rings is 3. The minimum atomic E-state index is -0.875. The number of hydroxylamine groups is 1. The number of ether oxygens (including phenoxy) is 1. The Balaban J connectivity index is 1.58. The van der Waals surface area contributed by atoms with Crippen LogP contribution in [-0.4, -0.2) is 25.0 Å². The highest BCUT2D eigenvalue weighted by molar-refractivity contribution is 6.23. The van der Waals surface area contributed by atoms with Gasteiger partial charge >= 0.3 is 0 Å². The molecule has 31 heavy (non-hydrogen) atoms. The summed E-state index contributed by atoms with van der Waals surface area (Å²) in [4.78, 5) is 34.3. The van der Waals surface area contributed by atoms with Crippen molar-refractivity contribution >= 4 is 23.2 Å². The van der Waals surface area contributed by atoms with Gasteiger partial charge in [0, 0.05) is 0 Å². The van der Waals surface area contributed by atoms with E-state index in [1.807, 2.05) is 79.7 Å². The zero-order valence-electron chi connectivity index (χ0n) is 17.3. The first kappa shape index (κ1) is 19.3. The van der Waals surface area contributed by atoms with Crippen molar-refractivity contribution in [3.63, 3.8) is 0 Å². The number of carbonyl (C=O) groups excluding carboxylic acids is 2. The van der Waals surface area contributed by atoms with E-state index in [1.165, 1.54) is 4.90 Å². The summed E-state index contributed by atoms with van der Waals surface area (Å²) in [7, 11) is 1.61. The highest BCUT2D eigenvalue weighted by atomic mass is 16.7. The standard InChI is InChI=1S/C25H22N2O4/c1-16-7-6-10-19(15-16)26-24(28)21-22(17-11-13-20(30-2)14-12-17)27(31-23(21)25(26)29)18-8-4-3-5-9-18/h3-15,21-23H,1-2H3. The predicted molar refractivity (Wildman–Crippen MR) is 117 cm³/mol. The summed E-state index contributed by atoms with van der Waals surface area (Å²) >= 11 is 0. The molecule has 3 aromatic rings. The quantitative estimate of drug-likeness (QED) is 0.603. The highest BCUT2D eigenvalue weighted by Crippen LogP contribution is 2.47. The smallest absolute Gasteiger partial charge is 0.266 e. The SMILES string of the molecule is COc1ccc(C2C3C(=O)N(c4cccc(C)c4)C(=O)C3ON2c2ccccc2)cc1. The Kier molecular flexibility index (Phi) is 4.71. The Bertz CT molecular complexity index is 1130. The molecular weight excluding hydrogens is 392 g/mol. The van der Waals surface area contributed by atoms with E-state index in [2.05, 4.69) is 0 Å². The van der Waals surface area contributed by atoms with Crippen molar-refractivity contribution in [1.29, 1.82) is 0 Å². The van der Waals surface area contributed by atoms with Gasteiger partial charge in [0.1, 0.15) is 11.7 Å². The van der Waals surface area contributed by atoms with Gasteiger partial charge in [-0.05, 0) is 54.4 Å². The number of amides is 2. The highest BCUT2D eigenvalue weighted by Gasteiger charge is 2.60. The zero-order chi connectivity index (χ0) is 21.5. The molecular formula is C25H22N2O4. The molecule has 2 saturated heterocycles. The number of anilines is 2. The molecule has 0 saturated carbocycles. The van der Waals surface area contributed by atoms with E-state index in [9.17, 15) is 9.59 Å². The second kappa shape index (κ2) is 7.56. The number of carbonyl (C=O) groups is 2. The molecule has 156 valence electrons. The van der Waals surface area contributed by atoms with Crippen LogP contribution in [0.4, 0.5) is 11.4 Å². The minimum Gasteiger partial charge on any atom is -0.497 e. The third kappa shape index (κ3) is 3.16. The van der Waals surface area contributed by atoms with Crippen molar-refractivity contribution in [1.82, 2.24) is 0 Å². The van der Waals surface area contributed by atoms with Gasteiger partial charge in [0.05, 0.1) is 24.5 Å². The van der Waals surface area contributed by atoms with Crippen molar-refractivity contribution in [3.8, 4) is 5.75 Å². The number of imide groups is 1. The maximum Gasteiger partial charge on any atom is 0.266 e. The number of rotatable bonds is 4. The van der Waals surface area contributed by atoms with Crippen molar-refractivity contribution in [2.75, 3.05) is 17.1 Å². The van der Waals surface area contributed by atoms with E-state index in [-0.39, 0.29) is 11.8 Å². The van der Waals surface area contributed by atoms with Crippen LogP contribution in [0.15, 0.2) is 78.9 Å². The molecule has 0 bridgehead atoms. The summed E-state index contributed by atoms with van der Waals surface area (Å²) in [5.41, 5.74) is 3.23.